The molecule has 0 saturated heterocycles. The molecule has 2 unspecified atom stereocenters. The number of carboxylic acid groups (broad SMARTS) is 1. The lowest BCUT2D eigenvalue weighted by atomic mass is 9.97. The van der Waals surface area contributed by atoms with Crippen LogP contribution in [0.1, 0.15) is 18.1 Å². The van der Waals surface area contributed by atoms with Crippen molar-refractivity contribution in [2.24, 2.45) is 0 Å². The maximum atomic E-state index is 12.9. The van der Waals surface area contributed by atoms with Crippen molar-refractivity contribution in [3.05, 3.63) is 78.1 Å². The van der Waals surface area contributed by atoms with Crippen molar-refractivity contribution in [2.75, 3.05) is 5.43 Å². The molecular formula is C18H19FN2O3. The van der Waals surface area contributed by atoms with Crippen LogP contribution < -0.4 is 10.9 Å². The van der Waals surface area contributed by atoms with E-state index in [4.69, 9.17) is 0 Å². The van der Waals surface area contributed by atoms with Crippen LogP contribution in [0.2, 0.25) is 0 Å². The third-order valence-corrected chi connectivity index (χ3v) is 3.50. The maximum Gasteiger partial charge on any atom is 0.322 e. The van der Waals surface area contributed by atoms with Crippen molar-refractivity contribution in [1.29, 1.82) is 0 Å². The average Bonchev–Trinajstić information content (AvgIpc) is 2.59. The highest BCUT2D eigenvalue weighted by atomic mass is 19.1. The predicted octanol–water partition coefficient (Wildman–Crippen LogP) is 2.88. The SMILES string of the molecule is C=C(CC(NNc1ccccc1)C(=O)O)C(O)c1ccc(F)cc1. The number of para-hydroxylation sites is 1. The third-order valence-electron chi connectivity index (χ3n) is 3.50. The number of aliphatic hydroxyl groups is 1. The van der Waals surface area contributed by atoms with Crippen LogP contribution in [0.4, 0.5) is 10.1 Å². The van der Waals surface area contributed by atoms with Gasteiger partial charge in [0.15, 0.2) is 0 Å². The second kappa shape index (κ2) is 8.24. The summed E-state index contributed by atoms with van der Waals surface area (Å²) < 4.78 is 12.9. The topological polar surface area (TPSA) is 81.6 Å². The summed E-state index contributed by atoms with van der Waals surface area (Å²) in [5, 5.41) is 19.5. The van der Waals surface area contributed by atoms with E-state index in [0.717, 1.165) is 0 Å². The standard InChI is InChI=1S/C18H19FN2O3/c1-12(17(22)13-7-9-14(19)10-8-13)11-16(18(23)24)21-20-15-5-3-2-4-6-15/h2-10,16-17,20-22H,1,11H2,(H,23,24). The summed E-state index contributed by atoms with van der Waals surface area (Å²) in [6, 6.07) is 13.4. The molecule has 0 heterocycles. The van der Waals surface area contributed by atoms with Crippen molar-refractivity contribution in [2.45, 2.75) is 18.6 Å². The lowest BCUT2D eigenvalue weighted by Crippen LogP contribution is -2.40. The zero-order valence-corrected chi connectivity index (χ0v) is 12.9. The molecule has 6 heteroatoms. The lowest BCUT2D eigenvalue weighted by molar-refractivity contribution is -0.139. The number of aliphatic carboxylic acids is 1. The molecule has 2 atom stereocenters. The summed E-state index contributed by atoms with van der Waals surface area (Å²) in [7, 11) is 0. The van der Waals surface area contributed by atoms with E-state index in [2.05, 4.69) is 17.4 Å². The van der Waals surface area contributed by atoms with Crippen molar-refractivity contribution in [1.82, 2.24) is 5.43 Å². The van der Waals surface area contributed by atoms with E-state index in [1.165, 1.54) is 24.3 Å². The molecule has 0 aromatic heterocycles. The van der Waals surface area contributed by atoms with Crippen LogP contribution >= 0.6 is 0 Å². The zero-order valence-electron chi connectivity index (χ0n) is 12.9. The van der Waals surface area contributed by atoms with Crippen LogP contribution in [0.5, 0.6) is 0 Å². The van der Waals surface area contributed by atoms with E-state index in [1.54, 1.807) is 12.1 Å². The molecule has 0 fully saturated rings. The van der Waals surface area contributed by atoms with Gasteiger partial charge in [-0.05, 0) is 41.8 Å². The van der Waals surface area contributed by atoms with Crippen LogP contribution in [-0.4, -0.2) is 22.2 Å². The Labute approximate surface area is 139 Å². The Hall–Kier alpha value is -2.70. The quantitative estimate of drug-likeness (QED) is 0.442. The van der Waals surface area contributed by atoms with Gasteiger partial charge in [-0.1, -0.05) is 36.9 Å². The molecule has 24 heavy (non-hydrogen) atoms. The van der Waals surface area contributed by atoms with Crippen LogP contribution in [0.3, 0.4) is 0 Å². The molecule has 5 nitrogen and oxygen atoms in total. The summed E-state index contributed by atoms with van der Waals surface area (Å²) in [5.74, 6) is -1.49. The van der Waals surface area contributed by atoms with Gasteiger partial charge in [0.1, 0.15) is 11.9 Å². The largest absolute Gasteiger partial charge is 0.480 e. The molecule has 0 spiro atoms. The van der Waals surface area contributed by atoms with E-state index < -0.39 is 23.9 Å². The number of anilines is 1. The molecule has 0 bridgehead atoms. The van der Waals surface area contributed by atoms with Gasteiger partial charge in [0, 0.05) is 5.69 Å². The fourth-order valence-corrected chi connectivity index (χ4v) is 2.15. The number of nitrogens with one attached hydrogen (secondary N) is 2. The minimum atomic E-state index is -1.08. The average molecular weight is 330 g/mol. The fourth-order valence-electron chi connectivity index (χ4n) is 2.15. The minimum absolute atomic E-state index is 0.00765. The number of aliphatic hydroxyl groups excluding tert-OH is 1. The molecule has 126 valence electrons. The molecule has 2 rings (SSSR count). The van der Waals surface area contributed by atoms with Gasteiger partial charge in [0.2, 0.25) is 0 Å². The first-order valence-corrected chi connectivity index (χ1v) is 7.38. The highest BCUT2D eigenvalue weighted by Crippen LogP contribution is 2.24. The Morgan fingerprint density at radius 1 is 1.12 bits per heavy atom. The van der Waals surface area contributed by atoms with E-state index in [1.807, 2.05) is 18.2 Å². The summed E-state index contributed by atoms with van der Waals surface area (Å²) >= 11 is 0. The van der Waals surface area contributed by atoms with E-state index in [0.29, 0.717) is 16.8 Å². The molecular weight excluding hydrogens is 311 g/mol. The number of carboxylic acids is 1. The first-order chi connectivity index (χ1) is 11.5. The van der Waals surface area contributed by atoms with Gasteiger partial charge in [-0.25, -0.2) is 9.82 Å². The summed E-state index contributed by atoms with van der Waals surface area (Å²) in [4.78, 5) is 11.4. The first kappa shape index (κ1) is 17.7. The minimum Gasteiger partial charge on any atom is -0.480 e. The second-order valence-corrected chi connectivity index (χ2v) is 5.34. The van der Waals surface area contributed by atoms with Gasteiger partial charge in [-0.3, -0.25) is 4.79 Å². The van der Waals surface area contributed by atoms with Crippen molar-refractivity contribution in [3.63, 3.8) is 0 Å². The van der Waals surface area contributed by atoms with Crippen LogP contribution in [0.15, 0.2) is 66.7 Å². The molecule has 0 amide bonds. The molecule has 0 aliphatic heterocycles. The Morgan fingerprint density at radius 2 is 1.75 bits per heavy atom. The smallest absolute Gasteiger partial charge is 0.322 e. The van der Waals surface area contributed by atoms with Gasteiger partial charge in [0.25, 0.3) is 0 Å². The number of rotatable bonds is 8. The van der Waals surface area contributed by atoms with Crippen LogP contribution in [0, 0.1) is 5.82 Å². The Morgan fingerprint density at radius 3 is 2.33 bits per heavy atom. The Bertz CT molecular complexity index is 689. The summed E-state index contributed by atoms with van der Waals surface area (Å²) in [6.45, 7) is 3.76. The number of benzene rings is 2. The van der Waals surface area contributed by atoms with Crippen molar-refractivity contribution >= 4 is 11.7 Å². The fraction of sp³-hybridized carbons (Fsp3) is 0.167. The van der Waals surface area contributed by atoms with Gasteiger partial charge < -0.3 is 15.6 Å². The molecule has 0 radical (unpaired) electrons. The molecule has 2 aromatic carbocycles. The number of halogens is 1. The molecule has 0 aliphatic carbocycles. The van der Waals surface area contributed by atoms with E-state index >= 15 is 0 Å². The van der Waals surface area contributed by atoms with Gasteiger partial charge >= 0.3 is 5.97 Å². The molecule has 4 N–H and O–H groups in total. The second-order valence-electron chi connectivity index (χ2n) is 5.34. The number of hydrogen-bond acceptors (Lipinski definition) is 4. The maximum absolute atomic E-state index is 12.9. The normalized spacial score (nSPS) is 13.1. The van der Waals surface area contributed by atoms with Crippen LogP contribution in [0.25, 0.3) is 0 Å². The summed E-state index contributed by atoms with van der Waals surface area (Å²) in [5.41, 5.74) is 7.01. The Kier molecular flexibility index (Phi) is 6.06. The number of carbonyl (C=O) groups is 1. The lowest BCUT2D eigenvalue weighted by Gasteiger charge is -2.20. The van der Waals surface area contributed by atoms with Crippen molar-refractivity contribution < 1.29 is 19.4 Å². The van der Waals surface area contributed by atoms with Gasteiger partial charge in [-0.2, -0.15) is 0 Å². The first-order valence-electron chi connectivity index (χ1n) is 7.38. The Balaban J connectivity index is 1.97. The highest BCUT2D eigenvalue weighted by molar-refractivity contribution is 5.74. The van der Waals surface area contributed by atoms with Crippen LogP contribution in [-0.2, 0) is 4.79 Å². The van der Waals surface area contributed by atoms with E-state index in [-0.39, 0.29) is 6.42 Å². The monoisotopic (exact) mass is 330 g/mol. The third kappa shape index (κ3) is 4.91. The number of hydrazine groups is 1. The highest BCUT2D eigenvalue weighted by Gasteiger charge is 2.22. The van der Waals surface area contributed by atoms with Crippen molar-refractivity contribution in [3.8, 4) is 0 Å². The molecule has 0 saturated carbocycles. The number of hydrogen-bond donors (Lipinski definition) is 4. The van der Waals surface area contributed by atoms with E-state index in [9.17, 15) is 19.4 Å². The molecule has 0 aliphatic rings. The predicted molar refractivity (Wildman–Crippen MR) is 89.7 cm³/mol. The molecule has 2 aromatic rings. The zero-order chi connectivity index (χ0) is 17.5. The summed E-state index contributed by atoms with van der Waals surface area (Å²) in [6.07, 6.45) is -1.06. The van der Waals surface area contributed by atoms with Gasteiger partial charge in [-0.15, -0.1) is 0 Å². The van der Waals surface area contributed by atoms with Gasteiger partial charge in [0.05, 0.1) is 6.10 Å².